The molecule has 0 aromatic heterocycles. The summed E-state index contributed by atoms with van der Waals surface area (Å²) in [4.78, 5) is 25.0. The minimum atomic E-state index is -4.63. The molecule has 2 aromatic carbocycles. The number of nitrogens with one attached hydrogen (secondary N) is 1. The molecule has 1 saturated carbocycles. The van der Waals surface area contributed by atoms with Gasteiger partial charge in [0.25, 0.3) is 21.8 Å². The van der Waals surface area contributed by atoms with Gasteiger partial charge in [-0.2, -0.15) is 13.2 Å². The quantitative estimate of drug-likeness (QED) is 0.691. The Morgan fingerprint density at radius 3 is 2.53 bits per heavy atom. The zero-order valence-corrected chi connectivity index (χ0v) is 17.7. The summed E-state index contributed by atoms with van der Waals surface area (Å²) in [7, 11) is -4.08. The molecule has 0 atom stereocenters. The standard InChI is InChI=1S/C21H19F3N2O5S/c1-2-9-31-17-8-4-13(21(22,23)24)11-16(17)25-19(27)12-3-7-15-18(10-12)32(29,30)26(20(15)28)14-5-6-14/h3-4,7-8,10-11,14H,2,5-6,9H2,1H3,(H,25,27). The molecular weight excluding hydrogens is 449 g/mol. The van der Waals surface area contributed by atoms with Crippen molar-refractivity contribution in [3.05, 3.63) is 53.1 Å². The molecule has 1 aliphatic carbocycles. The van der Waals surface area contributed by atoms with Crippen LogP contribution in [0.5, 0.6) is 5.75 Å². The van der Waals surface area contributed by atoms with E-state index in [1.54, 1.807) is 0 Å². The predicted molar refractivity (Wildman–Crippen MR) is 108 cm³/mol. The summed E-state index contributed by atoms with van der Waals surface area (Å²) >= 11 is 0. The van der Waals surface area contributed by atoms with Crippen LogP contribution in [0.25, 0.3) is 0 Å². The molecule has 170 valence electrons. The maximum Gasteiger partial charge on any atom is 0.416 e. The fourth-order valence-electron chi connectivity index (χ4n) is 3.39. The van der Waals surface area contributed by atoms with Crippen molar-refractivity contribution in [1.29, 1.82) is 0 Å². The third kappa shape index (κ3) is 3.92. The van der Waals surface area contributed by atoms with Crippen molar-refractivity contribution < 1.29 is 35.9 Å². The van der Waals surface area contributed by atoms with Crippen molar-refractivity contribution in [2.24, 2.45) is 0 Å². The van der Waals surface area contributed by atoms with Crippen LogP contribution in [-0.2, 0) is 16.2 Å². The number of halogens is 3. The molecule has 32 heavy (non-hydrogen) atoms. The van der Waals surface area contributed by atoms with Gasteiger partial charge in [0.1, 0.15) is 10.6 Å². The second-order valence-electron chi connectivity index (χ2n) is 7.56. The van der Waals surface area contributed by atoms with E-state index in [0.29, 0.717) is 19.3 Å². The van der Waals surface area contributed by atoms with Crippen LogP contribution in [0.1, 0.15) is 52.5 Å². The van der Waals surface area contributed by atoms with Gasteiger partial charge in [-0.3, -0.25) is 9.59 Å². The number of sulfonamides is 1. The molecule has 1 aliphatic heterocycles. The van der Waals surface area contributed by atoms with Crippen LogP contribution in [0.2, 0.25) is 0 Å². The Morgan fingerprint density at radius 2 is 1.91 bits per heavy atom. The highest BCUT2D eigenvalue weighted by atomic mass is 32.2. The average molecular weight is 468 g/mol. The summed E-state index contributed by atoms with van der Waals surface area (Å²) in [5.74, 6) is -1.42. The largest absolute Gasteiger partial charge is 0.491 e. The molecule has 0 saturated heterocycles. The van der Waals surface area contributed by atoms with E-state index < -0.39 is 33.6 Å². The lowest BCUT2D eigenvalue weighted by Gasteiger charge is -2.15. The van der Waals surface area contributed by atoms with Gasteiger partial charge in [0.05, 0.1) is 23.4 Å². The first-order valence-electron chi connectivity index (χ1n) is 9.92. The average Bonchev–Trinajstić information content (AvgIpc) is 3.53. The lowest BCUT2D eigenvalue weighted by Crippen LogP contribution is -2.31. The predicted octanol–water partition coefficient (Wildman–Crippen LogP) is 4.05. The normalized spacial score (nSPS) is 17.2. The van der Waals surface area contributed by atoms with Gasteiger partial charge in [-0.1, -0.05) is 6.92 Å². The smallest absolute Gasteiger partial charge is 0.416 e. The summed E-state index contributed by atoms with van der Waals surface area (Å²) < 4.78 is 71.2. The first-order valence-corrected chi connectivity index (χ1v) is 11.4. The summed E-state index contributed by atoms with van der Waals surface area (Å²) in [6.07, 6.45) is -2.86. The summed E-state index contributed by atoms with van der Waals surface area (Å²) in [5.41, 5.74) is -1.31. The van der Waals surface area contributed by atoms with E-state index in [4.69, 9.17) is 4.74 Å². The number of hydrogen-bond donors (Lipinski definition) is 1. The van der Waals surface area contributed by atoms with Gasteiger partial charge in [-0.15, -0.1) is 0 Å². The number of fused-ring (bicyclic) bond motifs is 1. The number of benzene rings is 2. The Hall–Kier alpha value is -3.08. The van der Waals surface area contributed by atoms with Gasteiger partial charge >= 0.3 is 6.18 Å². The second kappa shape index (κ2) is 7.80. The fraction of sp³-hybridized carbons (Fsp3) is 0.333. The minimum absolute atomic E-state index is 0.0283. The fourth-order valence-corrected chi connectivity index (χ4v) is 5.24. The number of hydrogen-bond acceptors (Lipinski definition) is 5. The van der Waals surface area contributed by atoms with Gasteiger partial charge in [0.2, 0.25) is 0 Å². The van der Waals surface area contributed by atoms with E-state index in [2.05, 4.69) is 5.32 Å². The SMILES string of the molecule is CCCOc1ccc(C(F)(F)F)cc1NC(=O)c1ccc2c(c1)S(=O)(=O)N(C1CC1)C2=O. The highest BCUT2D eigenvalue weighted by Crippen LogP contribution is 2.40. The Bertz CT molecular complexity index is 1210. The van der Waals surface area contributed by atoms with Crippen molar-refractivity contribution in [2.45, 2.75) is 43.3 Å². The number of carbonyl (C=O) groups excluding carboxylic acids is 2. The van der Waals surface area contributed by atoms with Crippen molar-refractivity contribution in [1.82, 2.24) is 4.31 Å². The van der Waals surface area contributed by atoms with Crippen LogP contribution < -0.4 is 10.1 Å². The summed E-state index contributed by atoms with van der Waals surface area (Å²) in [5, 5.41) is 2.37. The van der Waals surface area contributed by atoms with E-state index in [0.717, 1.165) is 28.6 Å². The molecular formula is C21H19F3N2O5S. The van der Waals surface area contributed by atoms with Crippen LogP contribution in [-0.4, -0.2) is 37.2 Å². The van der Waals surface area contributed by atoms with E-state index in [-0.39, 0.29) is 40.1 Å². The number of ether oxygens (including phenoxy) is 1. The highest BCUT2D eigenvalue weighted by molar-refractivity contribution is 7.90. The molecule has 7 nitrogen and oxygen atoms in total. The van der Waals surface area contributed by atoms with Crippen LogP contribution in [0, 0.1) is 0 Å². The Morgan fingerprint density at radius 1 is 1.19 bits per heavy atom. The minimum Gasteiger partial charge on any atom is -0.491 e. The summed E-state index contributed by atoms with van der Waals surface area (Å²) in [6.45, 7) is 2.05. The van der Waals surface area contributed by atoms with Gasteiger partial charge in [0.15, 0.2) is 0 Å². The zero-order valence-electron chi connectivity index (χ0n) is 16.9. The molecule has 1 heterocycles. The van der Waals surface area contributed by atoms with Crippen molar-refractivity contribution in [2.75, 3.05) is 11.9 Å². The number of rotatable bonds is 6. The molecule has 0 bridgehead atoms. The number of anilines is 1. The number of amides is 2. The van der Waals surface area contributed by atoms with Gasteiger partial charge in [0, 0.05) is 11.6 Å². The van der Waals surface area contributed by atoms with E-state index in [1.807, 2.05) is 6.92 Å². The Balaban J connectivity index is 1.66. The lowest BCUT2D eigenvalue weighted by molar-refractivity contribution is -0.137. The van der Waals surface area contributed by atoms with Crippen molar-refractivity contribution in [3.8, 4) is 5.75 Å². The summed E-state index contributed by atoms with van der Waals surface area (Å²) in [6, 6.07) is 5.92. The van der Waals surface area contributed by atoms with Gasteiger partial charge < -0.3 is 10.1 Å². The van der Waals surface area contributed by atoms with E-state index in [9.17, 15) is 31.2 Å². The molecule has 1 N–H and O–H groups in total. The van der Waals surface area contributed by atoms with Gasteiger partial charge in [-0.05, 0) is 55.7 Å². The van der Waals surface area contributed by atoms with E-state index in [1.165, 1.54) is 12.1 Å². The first-order chi connectivity index (χ1) is 15.0. The molecule has 2 aliphatic rings. The monoisotopic (exact) mass is 468 g/mol. The molecule has 0 spiro atoms. The Kier molecular flexibility index (Phi) is 5.40. The van der Waals surface area contributed by atoms with Crippen LogP contribution in [0.4, 0.5) is 18.9 Å². The topological polar surface area (TPSA) is 92.8 Å². The lowest BCUT2D eigenvalue weighted by atomic mass is 10.1. The zero-order chi connectivity index (χ0) is 23.3. The van der Waals surface area contributed by atoms with Crippen molar-refractivity contribution >= 4 is 27.5 Å². The molecule has 11 heteroatoms. The van der Waals surface area contributed by atoms with Crippen LogP contribution in [0.15, 0.2) is 41.3 Å². The van der Waals surface area contributed by atoms with Crippen molar-refractivity contribution in [3.63, 3.8) is 0 Å². The molecule has 2 amide bonds. The number of alkyl halides is 3. The van der Waals surface area contributed by atoms with Crippen LogP contribution >= 0.6 is 0 Å². The van der Waals surface area contributed by atoms with Gasteiger partial charge in [-0.25, -0.2) is 12.7 Å². The molecule has 0 radical (unpaired) electrons. The van der Waals surface area contributed by atoms with E-state index >= 15 is 0 Å². The maximum atomic E-state index is 13.1. The Labute approximate surface area is 182 Å². The second-order valence-corrected chi connectivity index (χ2v) is 9.34. The third-order valence-corrected chi connectivity index (χ3v) is 6.98. The molecule has 1 fully saturated rings. The number of nitrogens with zero attached hydrogens (tertiary/aromatic N) is 1. The maximum absolute atomic E-state index is 13.1. The molecule has 0 unspecified atom stereocenters. The highest BCUT2D eigenvalue weighted by Gasteiger charge is 2.48. The molecule has 4 rings (SSSR count). The first kappa shape index (κ1) is 22.1. The third-order valence-electron chi connectivity index (χ3n) is 5.11. The number of carbonyl (C=O) groups is 2. The molecule has 2 aromatic rings. The van der Waals surface area contributed by atoms with Crippen LogP contribution in [0.3, 0.4) is 0 Å².